The van der Waals surface area contributed by atoms with Crippen LogP contribution in [-0.4, -0.2) is 11.1 Å². The molecular weight excluding hydrogens is 171 g/mol. The van der Waals surface area contributed by atoms with E-state index >= 15 is 0 Å². The summed E-state index contributed by atoms with van der Waals surface area (Å²) in [6.45, 7) is 0. The molecular formula is C3H5NO2Y. The molecule has 0 heterocycles. The van der Waals surface area contributed by atoms with Gasteiger partial charge in [0.15, 0.2) is 0 Å². The van der Waals surface area contributed by atoms with Gasteiger partial charge in [0.05, 0.1) is 0 Å². The minimum Gasteiger partial charge on any atom is -0.478 e. The predicted octanol–water partition coefficient (Wildman–Crippen LogP) is -0.459. The number of nitrogens with two attached hydrogens (primary N) is 1. The van der Waals surface area contributed by atoms with Gasteiger partial charge in [0.25, 0.3) is 0 Å². The molecule has 7 heavy (non-hydrogen) atoms. The molecule has 0 saturated heterocycles. The van der Waals surface area contributed by atoms with Crippen LogP contribution in [0.3, 0.4) is 0 Å². The Bertz CT molecular complexity index is 81.0. The van der Waals surface area contributed by atoms with Crippen molar-refractivity contribution < 1.29 is 42.6 Å². The van der Waals surface area contributed by atoms with Gasteiger partial charge in [-0.1, -0.05) is 0 Å². The van der Waals surface area contributed by atoms with Gasteiger partial charge in [0.1, 0.15) is 0 Å². The second-order valence-corrected chi connectivity index (χ2v) is 0.697. The zero-order valence-corrected chi connectivity index (χ0v) is 6.50. The number of hydrogen-bond acceptors (Lipinski definition) is 2. The summed E-state index contributed by atoms with van der Waals surface area (Å²) in [5.74, 6) is -1.02. The first kappa shape index (κ1) is 10.2. The van der Waals surface area contributed by atoms with Crippen molar-refractivity contribution in [1.82, 2.24) is 0 Å². The van der Waals surface area contributed by atoms with Crippen molar-refractivity contribution in [3.63, 3.8) is 0 Å². The Morgan fingerprint density at radius 1 is 1.71 bits per heavy atom. The molecule has 0 aromatic heterocycles. The van der Waals surface area contributed by atoms with Crippen LogP contribution in [0.5, 0.6) is 0 Å². The van der Waals surface area contributed by atoms with Gasteiger partial charge in [0, 0.05) is 45.0 Å². The maximum absolute atomic E-state index is 9.43. The Morgan fingerprint density at radius 3 is 2.14 bits per heavy atom. The molecule has 0 aliphatic rings. The minimum absolute atomic E-state index is 0. The van der Waals surface area contributed by atoms with Crippen molar-refractivity contribution in [2.24, 2.45) is 5.73 Å². The van der Waals surface area contributed by atoms with Gasteiger partial charge < -0.3 is 10.8 Å². The fourth-order valence-corrected chi connectivity index (χ4v) is 0.0823. The molecule has 3 nitrogen and oxygen atoms in total. The first-order chi connectivity index (χ1) is 2.77. The van der Waals surface area contributed by atoms with Crippen molar-refractivity contribution >= 4 is 5.97 Å². The first-order valence-electron chi connectivity index (χ1n) is 1.38. The van der Waals surface area contributed by atoms with Crippen LogP contribution in [0.4, 0.5) is 0 Å². The Hall–Kier alpha value is 0.114. The number of carbonyl (C=O) groups is 1. The van der Waals surface area contributed by atoms with Crippen LogP contribution in [-0.2, 0) is 37.5 Å². The minimum atomic E-state index is -1.02. The molecule has 0 unspecified atom stereocenters. The van der Waals surface area contributed by atoms with Crippen LogP contribution < -0.4 is 5.73 Å². The summed E-state index contributed by atoms with van der Waals surface area (Å²) in [4.78, 5) is 9.43. The summed E-state index contributed by atoms with van der Waals surface area (Å²) in [5, 5.41) is 7.75. The molecule has 0 atom stereocenters. The summed E-state index contributed by atoms with van der Waals surface area (Å²) in [6, 6.07) is 0. The second kappa shape index (κ2) is 6.11. The molecule has 37 valence electrons. The van der Waals surface area contributed by atoms with Crippen molar-refractivity contribution in [2.45, 2.75) is 0 Å². The van der Waals surface area contributed by atoms with E-state index in [1.807, 2.05) is 0 Å². The number of carboxylic acid groups (broad SMARTS) is 1. The predicted molar refractivity (Wildman–Crippen MR) is 21.0 cm³/mol. The SMILES string of the molecule is N/C=C\C(=O)O.[Y]. The maximum atomic E-state index is 9.43. The van der Waals surface area contributed by atoms with E-state index in [1.54, 1.807) is 0 Å². The van der Waals surface area contributed by atoms with Crippen LogP contribution in [0, 0.1) is 0 Å². The van der Waals surface area contributed by atoms with Gasteiger partial charge in [-0.25, -0.2) is 4.79 Å². The zero-order valence-electron chi connectivity index (χ0n) is 3.66. The monoisotopic (exact) mass is 176 g/mol. The molecule has 1 radical (unpaired) electrons. The Balaban J connectivity index is 0. The largest absolute Gasteiger partial charge is 0.478 e. The van der Waals surface area contributed by atoms with Gasteiger partial charge in [-0.3, -0.25) is 0 Å². The van der Waals surface area contributed by atoms with E-state index in [2.05, 4.69) is 5.73 Å². The summed E-state index contributed by atoms with van der Waals surface area (Å²) >= 11 is 0. The fraction of sp³-hybridized carbons (Fsp3) is 0. The molecule has 3 N–H and O–H groups in total. The summed E-state index contributed by atoms with van der Waals surface area (Å²) in [7, 11) is 0. The second-order valence-electron chi connectivity index (χ2n) is 0.697. The molecule has 0 rings (SSSR count). The van der Waals surface area contributed by atoms with Gasteiger partial charge in [0.2, 0.25) is 0 Å². The molecule has 0 aliphatic carbocycles. The number of hydrogen-bond donors (Lipinski definition) is 2. The molecule has 0 amide bonds. The summed E-state index contributed by atoms with van der Waals surface area (Å²) in [5.41, 5.74) is 4.67. The first-order valence-corrected chi connectivity index (χ1v) is 1.38. The van der Waals surface area contributed by atoms with Crippen LogP contribution >= 0.6 is 0 Å². The number of rotatable bonds is 1. The third kappa shape index (κ3) is 10.7. The topological polar surface area (TPSA) is 63.3 Å². The van der Waals surface area contributed by atoms with E-state index in [0.717, 1.165) is 12.3 Å². The Morgan fingerprint density at radius 2 is 2.14 bits per heavy atom. The van der Waals surface area contributed by atoms with E-state index < -0.39 is 5.97 Å². The van der Waals surface area contributed by atoms with Crippen molar-refractivity contribution in [2.75, 3.05) is 0 Å². The normalized spacial score (nSPS) is 8.00. The molecule has 0 aromatic rings. The van der Waals surface area contributed by atoms with Gasteiger partial charge >= 0.3 is 5.97 Å². The summed E-state index contributed by atoms with van der Waals surface area (Å²) < 4.78 is 0. The molecule has 0 fully saturated rings. The Labute approximate surface area is 66.5 Å². The van der Waals surface area contributed by atoms with Gasteiger partial charge in [-0.2, -0.15) is 0 Å². The molecule has 0 bridgehead atoms. The van der Waals surface area contributed by atoms with E-state index in [9.17, 15) is 4.79 Å². The Kier molecular flexibility index (Phi) is 8.88. The van der Waals surface area contributed by atoms with Crippen LogP contribution in [0.1, 0.15) is 0 Å². The zero-order chi connectivity index (χ0) is 4.99. The third-order valence-corrected chi connectivity index (χ3v) is 0.239. The number of aliphatic carboxylic acids is 1. The van der Waals surface area contributed by atoms with E-state index in [0.29, 0.717) is 0 Å². The van der Waals surface area contributed by atoms with Crippen molar-refractivity contribution in [3.05, 3.63) is 12.3 Å². The number of carboxylic acids is 1. The van der Waals surface area contributed by atoms with E-state index in [4.69, 9.17) is 5.11 Å². The maximum Gasteiger partial charge on any atom is 0.329 e. The average molecular weight is 176 g/mol. The standard InChI is InChI=1S/C3H5NO2.Y/c4-2-1-3(5)6;/h1-2H,4H2,(H,5,6);/b2-1-;. The molecule has 0 saturated carbocycles. The van der Waals surface area contributed by atoms with Crippen LogP contribution in [0.15, 0.2) is 12.3 Å². The van der Waals surface area contributed by atoms with E-state index in [1.165, 1.54) is 0 Å². The van der Waals surface area contributed by atoms with E-state index in [-0.39, 0.29) is 32.7 Å². The smallest absolute Gasteiger partial charge is 0.329 e. The quantitative estimate of drug-likeness (QED) is 0.531. The molecule has 4 heteroatoms. The average Bonchev–Trinajstić information content (AvgIpc) is 1.35. The fourth-order valence-electron chi connectivity index (χ4n) is 0.0823. The molecule has 0 spiro atoms. The van der Waals surface area contributed by atoms with Crippen LogP contribution in [0.2, 0.25) is 0 Å². The van der Waals surface area contributed by atoms with Gasteiger partial charge in [-0.15, -0.1) is 0 Å². The van der Waals surface area contributed by atoms with Gasteiger partial charge in [-0.05, 0) is 0 Å². The third-order valence-electron chi connectivity index (χ3n) is 0.239. The van der Waals surface area contributed by atoms with Crippen molar-refractivity contribution in [3.8, 4) is 0 Å². The molecule has 0 aromatic carbocycles. The van der Waals surface area contributed by atoms with Crippen LogP contribution in [0.25, 0.3) is 0 Å². The molecule has 0 aliphatic heterocycles. The van der Waals surface area contributed by atoms with Crippen molar-refractivity contribution in [1.29, 1.82) is 0 Å². The summed E-state index contributed by atoms with van der Waals surface area (Å²) in [6.07, 6.45) is 1.84.